The lowest BCUT2D eigenvalue weighted by Crippen LogP contribution is -2.44. The molecule has 0 spiro atoms. The van der Waals surface area contributed by atoms with Crippen molar-refractivity contribution in [1.82, 2.24) is 9.80 Å². The molecule has 0 saturated carbocycles. The van der Waals surface area contributed by atoms with Crippen LogP contribution in [-0.2, 0) is 4.79 Å². The Kier molecular flexibility index (Phi) is 4.08. The number of nitrogens with zero attached hydrogens (tertiary/aromatic N) is 3. The predicted octanol–water partition coefficient (Wildman–Crippen LogP) is 1.94. The van der Waals surface area contributed by atoms with Crippen molar-refractivity contribution in [3.63, 3.8) is 0 Å². The van der Waals surface area contributed by atoms with E-state index in [1.165, 1.54) is 6.42 Å². The van der Waals surface area contributed by atoms with Gasteiger partial charge in [-0.2, -0.15) is 0 Å². The molecular formula is C16H21N3O2. The second-order valence-corrected chi connectivity index (χ2v) is 5.63. The molecule has 1 aromatic rings. The predicted molar refractivity (Wildman–Crippen MR) is 81.2 cm³/mol. The van der Waals surface area contributed by atoms with Gasteiger partial charge in [0.2, 0.25) is 5.91 Å². The van der Waals surface area contributed by atoms with Crippen LogP contribution in [0.5, 0.6) is 0 Å². The van der Waals surface area contributed by atoms with Gasteiger partial charge >= 0.3 is 6.03 Å². The lowest BCUT2D eigenvalue weighted by molar-refractivity contribution is -0.132. The number of anilines is 1. The number of rotatable bonds is 3. The second kappa shape index (κ2) is 6.16. The summed E-state index contributed by atoms with van der Waals surface area (Å²) in [5.74, 6) is 0.0814. The number of hydrogen-bond donors (Lipinski definition) is 0. The number of para-hydroxylation sites is 1. The molecule has 5 heteroatoms. The Bertz CT molecular complexity index is 512. The van der Waals surface area contributed by atoms with E-state index in [0.29, 0.717) is 13.1 Å². The highest BCUT2D eigenvalue weighted by atomic mass is 16.2. The van der Waals surface area contributed by atoms with Gasteiger partial charge in [-0.3, -0.25) is 9.69 Å². The highest BCUT2D eigenvalue weighted by Gasteiger charge is 2.31. The van der Waals surface area contributed by atoms with E-state index in [1.807, 2.05) is 35.2 Å². The number of amides is 3. The summed E-state index contributed by atoms with van der Waals surface area (Å²) in [5.41, 5.74) is 0.899. The standard InChI is InChI=1S/C16H21N3O2/c20-15(17-9-5-2-6-10-17)13-18-11-12-19(16(18)21)14-7-3-1-4-8-14/h1,3-4,7-8H,2,5-6,9-13H2. The molecule has 0 bridgehead atoms. The summed E-state index contributed by atoms with van der Waals surface area (Å²) in [6.07, 6.45) is 3.36. The summed E-state index contributed by atoms with van der Waals surface area (Å²) in [4.78, 5) is 29.9. The average molecular weight is 287 g/mol. The SMILES string of the molecule is O=C(CN1CCN(c2ccccc2)C1=O)N1CCCCC1. The molecule has 1 aromatic carbocycles. The number of urea groups is 1. The average Bonchev–Trinajstić information content (AvgIpc) is 2.90. The Labute approximate surface area is 125 Å². The van der Waals surface area contributed by atoms with Crippen molar-refractivity contribution in [2.24, 2.45) is 0 Å². The lowest BCUT2D eigenvalue weighted by atomic mass is 10.1. The second-order valence-electron chi connectivity index (χ2n) is 5.63. The molecular weight excluding hydrogens is 266 g/mol. The van der Waals surface area contributed by atoms with Gasteiger partial charge in [0.25, 0.3) is 0 Å². The minimum atomic E-state index is -0.0634. The molecule has 2 fully saturated rings. The minimum absolute atomic E-state index is 0.0634. The maximum absolute atomic E-state index is 12.4. The van der Waals surface area contributed by atoms with Gasteiger partial charge in [-0.05, 0) is 31.4 Å². The van der Waals surface area contributed by atoms with E-state index in [4.69, 9.17) is 0 Å². The molecule has 0 aliphatic carbocycles. The maximum Gasteiger partial charge on any atom is 0.325 e. The Hall–Kier alpha value is -2.04. The van der Waals surface area contributed by atoms with Crippen LogP contribution in [-0.4, -0.2) is 54.5 Å². The van der Waals surface area contributed by atoms with E-state index in [1.54, 1.807) is 9.80 Å². The van der Waals surface area contributed by atoms with Crippen LogP contribution in [0.2, 0.25) is 0 Å². The van der Waals surface area contributed by atoms with E-state index in [2.05, 4.69) is 0 Å². The molecule has 2 heterocycles. The fourth-order valence-corrected chi connectivity index (χ4v) is 2.98. The number of hydrogen-bond acceptors (Lipinski definition) is 2. The largest absolute Gasteiger partial charge is 0.341 e. The summed E-state index contributed by atoms with van der Waals surface area (Å²) in [7, 11) is 0. The number of carbonyl (C=O) groups excluding carboxylic acids is 2. The molecule has 0 unspecified atom stereocenters. The molecule has 2 saturated heterocycles. The van der Waals surface area contributed by atoms with Gasteiger partial charge < -0.3 is 9.80 Å². The van der Waals surface area contributed by atoms with Gasteiger partial charge in [0.05, 0.1) is 0 Å². The van der Waals surface area contributed by atoms with E-state index in [0.717, 1.165) is 31.6 Å². The van der Waals surface area contributed by atoms with Crippen molar-refractivity contribution >= 4 is 17.6 Å². The quantitative estimate of drug-likeness (QED) is 0.853. The van der Waals surface area contributed by atoms with Crippen LogP contribution in [0, 0.1) is 0 Å². The highest BCUT2D eigenvalue weighted by molar-refractivity contribution is 5.96. The normalized spacial score (nSPS) is 19.2. The van der Waals surface area contributed by atoms with Crippen molar-refractivity contribution in [1.29, 1.82) is 0 Å². The smallest absolute Gasteiger partial charge is 0.325 e. The zero-order valence-corrected chi connectivity index (χ0v) is 12.2. The van der Waals surface area contributed by atoms with Crippen LogP contribution < -0.4 is 4.90 Å². The van der Waals surface area contributed by atoms with Gasteiger partial charge in [0.15, 0.2) is 0 Å². The van der Waals surface area contributed by atoms with E-state index in [-0.39, 0.29) is 18.5 Å². The molecule has 0 atom stereocenters. The van der Waals surface area contributed by atoms with Crippen LogP contribution in [0.15, 0.2) is 30.3 Å². The zero-order valence-electron chi connectivity index (χ0n) is 12.2. The number of likely N-dealkylation sites (tertiary alicyclic amines) is 1. The van der Waals surface area contributed by atoms with E-state index in [9.17, 15) is 9.59 Å². The summed E-state index contributed by atoms with van der Waals surface area (Å²) < 4.78 is 0. The van der Waals surface area contributed by atoms with Crippen LogP contribution in [0.1, 0.15) is 19.3 Å². The fraction of sp³-hybridized carbons (Fsp3) is 0.500. The molecule has 0 N–H and O–H groups in total. The van der Waals surface area contributed by atoms with Gasteiger partial charge in [-0.15, -0.1) is 0 Å². The van der Waals surface area contributed by atoms with Gasteiger partial charge in [-0.25, -0.2) is 4.79 Å². The topological polar surface area (TPSA) is 43.9 Å². The van der Waals surface area contributed by atoms with Gasteiger partial charge in [-0.1, -0.05) is 18.2 Å². The number of carbonyl (C=O) groups is 2. The Morgan fingerprint density at radius 1 is 0.952 bits per heavy atom. The van der Waals surface area contributed by atoms with Gasteiger partial charge in [0, 0.05) is 31.9 Å². The molecule has 2 aliphatic rings. The molecule has 21 heavy (non-hydrogen) atoms. The van der Waals surface area contributed by atoms with Crippen LogP contribution >= 0.6 is 0 Å². The van der Waals surface area contributed by atoms with Crippen molar-refractivity contribution in [3.8, 4) is 0 Å². The summed E-state index contributed by atoms with van der Waals surface area (Å²) in [6, 6.07) is 9.56. The monoisotopic (exact) mass is 287 g/mol. The van der Waals surface area contributed by atoms with Crippen molar-refractivity contribution in [2.75, 3.05) is 37.6 Å². The molecule has 0 radical (unpaired) electrons. The third kappa shape index (κ3) is 3.01. The molecule has 2 aliphatic heterocycles. The van der Waals surface area contributed by atoms with E-state index >= 15 is 0 Å². The first kappa shape index (κ1) is 13.9. The minimum Gasteiger partial charge on any atom is -0.341 e. The van der Waals surface area contributed by atoms with Crippen molar-refractivity contribution in [2.45, 2.75) is 19.3 Å². The summed E-state index contributed by atoms with van der Waals surface area (Å²) >= 11 is 0. The highest BCUT2D eigenvalue weighted by Crippen LogP contribution is 2.20. The first-order valence-corrected chi connectivity index (χ1v) is 7.65. The Morgan fingerprint density at radius 3 is 2.38 bits per heavy atom. The third-order valence-corrected chi connectivity index (χ3v) is 4.20. The first-order valence-electron chi connectivity index (χ1n) is 7.65. The maximum atomic E-state index is 12.4. The molecule has 5 nitrogen and oxygen atoms in total. The number of piperidine rings is 1. The molecule has 112 valence electrons. The molecule has 0 aromatic heterocycles. The fourth-order valence-electron chi connectivity index (χ4n) is 2.98. The third-order valence-electron chi connectivity index (χ3n) is 4.20. The Balaban J connectivity index is 1.60. The Morgan fingerprint density at radius 2 is 1.67 bits per heavy atom. The number of benzene rings is 1. The molecule has 3 amide bonds. The van der Waals surface area contributed by atoms with Crippen molar-refractivity contribution < 1.29 is 9.59 Å². The van der Waals surface area contributed by atoms with Crippen LogP contribution in [0.4, 0.5) is 10.5 Å². The summed E-state index contributed by atoms with van der Waals surface area (Å²) in [5, 5.41) is 0. The van der Waals surface area contributed by atoms with Gasteiger partial charge in [0.1, 0.15) is 6.54 Å². The molecule has 3 rings (SSSR count). The summed E-state index contributed by atoms with van der Waals surface area (Å²) in [6.45, 7) is 3.15. The van der Waals surface area contributed by atoms with E-state index < -0.39 is 0 Å². The zero-order chi connectivity index (χ0) is 14.7. The van der Waals surface area contributed by atoms with Crippen LogP contribution in [0.25, 0.3) is 0 Å². The first-order chi connectivity index (χ1) is 10.3. The van der Waals surface area contributed by atoms with Crippen LogP contribution in [0.3, 0.4) is 0 Å². The lowest BCUT2D eigenvalue weighted by Gasteiger charge is -2.28. The van der Waals surface area contributed by atoms with Crippen molar-refractivity contribution in [3.05, 3.63) is 30.3 Å².